The first-order chi connectivity index (χ1) is 20.9. The summed E-state index contributed by atoms with van der Waals surface area (Å²) >= 11 is 0. The second-order valence-corrected chi connectivity index (χ2v) is 12.0. The molecular weight excluding hydrogens is 598 g/mol. The van der Waals surface area contributed by atoms with Gasteiger partial charge in [0, 0.05) is 31.0 Å². The minimum absolute atomic E-state index is 0.0281. The number of benzene rings is 2. The Morgan fingerprint density at radius 2 is 1.80 bits per heavy atom. The lowest BCUT2D eigenvalue weighted by Gasteiger charge is -2.23. The molecule has 0 fully saturated rings. The van der Waals surface area contributed by atoms with Crippen LogP contribution in [0.25, 0.3) is 11.3 Å². The molecular formula is C31H27F4N5O3S. The average Bonchev–Trinajstić information content (AvgIpc) is 3.52. The summed E-state index contributed by atoms with van der Waals surface area (Å²) in [5.41, 5.74) is 1.45. The van der Waals surface area contributed by atoms with Crippen molar-refractivity contribution in [2.45, 2.75) is 36.6 Å². The van der Waals surface area contributed by atoms with Crippen LogP contribution in [0.2, 0.25) is 0 Å². The molecule has 8 nitrogen and oxygen atoms in total. The SMILES string of the molecule is CC(Nc1cc(CNC(=O)C2C=CCN2S(=O)(=O)c2ccc(F)cc2)cc(-c2ccc(C(F)(F)F)cc2)n1)c1cccnc1. The van der Waals surface area contributed by atoms with Gasteiger partial charge in [-0.1, -0.05) is 30.4 Å². The van der Waals surface area contributed by atoms with Crippen molar-refractivity contribution in [2.75, 3.05) is 11.9 Å². The topological polar surface area (TPSA) is 104 Å². The monoisotopic (exact) mass is 625 g/mol. The summed E-state index contributed by atoms with van der Waals surface area (Å²) in [5.74, 6) is -0.769. The highest BCUT2D eigenvalue weighted by Gasteiger charge is 2.36. The minimum Gasteiger partial charge on any atom is -0.363 e. The third-order valence-corrected chi connectivity index (χ3v) is 8.87. The van der Waals surface area contributed by atoms with E-state index in [1.165, 1.54) is 18.2 Å². The molecule has 228 valence electrons. The number of hydrogen-bond acceptors (Lipinski definition) is 6. The van der Waals surface area contributed by atoms with Crippen LogP contribution in [-0.4, -0.2) is 41.2 Å². The third kappa shape index (κ3) is 6.95. The van der Waals surface area contributed by atoms with E-state index in [0.29, 0.717) is 22.6 Å². The van der Waals surface area contributed by atoms with E-state index in [1.807, 2.05) is 13.0 Å². The number of rotatable bonds is 9. The van der Waals surface area contributed by atoms with E-state index in [4.69, 9.17) is 0 Å². The third-order valence-electron chi connectivity index (χ3n) is 7.01. The first-order valence-corrected chi connectivity index (χ1v) is 14.9. The summed E-state index contributed by atoms with van der Waals surface area (Å²) in [5, 5.41) is 6.02. The van der Waals surface area contributed by atoms with Gasteiger partial charge >= 0.3 is 6.18 Å². The fourth-order valence-electron chi connectivity index (χ4n) is 4.68. The molecule has 0 aliphatic carbocycles. The Bertz CT molecular complexity index is 1770. The van der Waals surface area contributed by atoms with Crippen LogP contribution in [0.4, 0.5) is 23.4 Å². The van der Waals surface area contributed by atoms with Crippen molar-refractivity contribution in [2.24, 2.45) is 0 Å². The molecule has 13 heteroatoms. The van der Waals surface area contributed by atoms with Crippen LogP contribution in [0.1, 0.15) is 29.7 Å². The van der Waals surface area contributed by atoms with Crippen LogP contribution in [0.5, 0.6) is 0 Å². The summed E-state index contributed by atoms with van der Waals surface area (Å²) in [4.78, 5) is 21.8. The standard InChI is InChI=1S/C31H27F4N5O3S/c1-20(23-4-2-14-36-19-23)38-29-17-21(16-27(39-29)22-6-8-24(9-7-22)31(33,34)35)18-37-30(41)28-5-3-15-40(28)44(42,43)26-12-10-25(32)11-13-26/h2-14,16-17,19-20,28H,15,18H2,1H3,(H,37,41)(H,38,39). The van der Waals surface area contributed by atoms with Crippen LogP contribution in [0, 0.1) is 5.82 Å². The molecule has 2 aromatic heterocycles. The molecule has 0 bridgehead atoms. The highest BCUT2D eigenvalue weighted by molar-refractivity contribution is 7.89. The zero-order valence-corrected chi connectivity index (χ0v) is 24.1. The second-order valence-electron chi connectivity index (χ2n) is 10.1. The molecule has 0 radical (unpaired) electrons. The number of aromatic nitrogens is 2. The molecule has 0 spiro atoms. The predicted octanol–water partition coefficient (Wildman–Crippen LogP) is 5.72. The number of sulfonamides is 1. The molecule has 1 aliphatic rings. The molecule has 4 aromatic rings. The second kappa shape index (κ2) is 12.5. The molecule has 2 N–H and O–H groups in total. The predicted molar refractivity (Wildman–Crippen MR) is 156 cm³/mol. The summed E-state index contributed by atoms with van der Waals surface area (Å²) < 4.78 is 80.2. The Morgan fingerprint density at radius 3 is 2.45 bits per heavy atom. The maximum atomic E-state index is 13.4. The van der Waals surface area contributed by atoms with E-state index < -0.39 is 39.5 Å². The van der Waals surface area contributed by atoms with Crippen molar-refractivity contribution in [1.29, 1.82) is 0 Å². The molecule has 44 heavy (non-hydrogen) atoms. The van der Waals surface area contributed by atoms with Gasteiger partial charge < -0.3 is 10.6 Å². The smallest absolute Gasteiger partial charge is 0.363 e. The van der Waals surface area contributed by atoms with Gasteiger partial charge in [0.05, 0.1) is 22.2 Å². The molecule has 5 rings (SSSR count). The lowest BCUT2D eigenvalue weighted by molar-refractivity contribution is -0.137. The van der Waals surface area contributed by atoms with Gasteiger partial charge in [0.25, 0.3) is 0 Å². The summed E-state index contributed by atoms with van der Waals surface area (Å²) in [7, 11) is -4.10. The van der Waals surface area contributed by atoms with Gasteiger partial charge in [-0.05, 0) is 72.6 Å². The summed E-state index contributed by atoms with van der Waals surface area (Å²) in [6.45, 7) is 1.83. The first-order valence-electron chi connectivity index (χ1n) is 13.5. The van der Waals surface area contributed by atoms with Crippen molar-refractivity contribution in [3.63, 3.8) is 0 Å². The Morgan fingerprint density at radius 1 is 1.07 bits per heavy atom. The maximum absolute atomic E-state index is 13.4. The normalized spacial score (nSPS) is 16.1. The van der Waals surface area contributed by atoms with E-state index in [2.05, 4.69) is 20.6 Å². The number of carbonyl (C=O) groups excluding carboxylic acids is 1. The number of pyridine rings is 2. The quantitative estimate of drug-likeness (QED) is 0.182. The van der Waals surface area contributed by atoms with Crippen LogP contribution in [0.3, 0.4) is 0 Å². The molecule has 2 atom stereocenters. The number of hydrogen-bond donors (Lipinski definition) is 2. The molecule has 0 saturated heterocycles. The van der Waals surface area contributed by atoms with Crippen molar-refractivity contribution in [3.8, 4) is 11.3 Å². The van der Waals surface area contributed by atoms with Gasteiger partial charge in [-0.25, -0.2) is 17.8 Å². The number of carbonyl (C=O) groups is 1. The van der Waals surface area contributed by atoms with Crippen molar-refractivity contribution in [3.05, 3.63) is 120 Å². The van der Waals surface area contributed by atoms with Crippen molar-refractivity contribution >= 4 is 21.7 Å². The van der Waals surface area contributed by atoms with Crippen LogP contribution >= 0.6 is 0 Å². The Labute approximate surface area is 251 Å². The summed E-state index contributed by atoms with van der Waals surface area (Å²) in [6, 6.07) is 14.6. The van der Waals surface area contributed by atoms with E-state index in [0.717, 1.165) is 46.3 Å². The van der Waals surface area contributed by atoms with Crippen molar-refractivity contribution in [1.82, 2.24) is 19.6 Å². The van der Waals surface area contributed by atoms with E-state index in [9.17, 15) is 30.8 Å². The fourth-order valence-corrected chi connectivity index (χ4v) is 6.18. The summed E-state index contributed by atoms with van der Waals surface area (Å²) in [6.07, 6.45) is 1.88. The van der Waals surface area contributed by atoms with Gasteiger partial charge in [-0.15, -0.1) is 0 Å². The maximum Gasteiger partial charge on any atom is 0.416 e. The van der Waals surface area contributed by atoms with Crippen LogP contribution in [-0.2, 0) is 27.5 Å². The van der Waals surface area contributed by atoms with Crippen LogP contribution in [0.15, 0.2) is 102 Å². The Kier molecular flexibility index (Phi) is 8.79. The van der Waals surface area contributed by atoms with Gasteiger partial charge in [0.2, 0.25) is 15.9 Å². The van der Waals surface area contributed by atoms with Gasteiger partial charge in [0.15, 0.2) is 0 Å². The average molecular weight is 626 g/mol. The van der Waals surface area contributed by atoms with E-state index in [1.54, 1.807) is 36.7 Å². The molecule has 3 heterocycles. The number of amides is 1. The number of halogens is 4. The zero-order chi connectivity index (χ0) is 31.5. The highest BCUT2D eigenvalue weighted by Crippen LogP contribution is 2.31. The first kappa shape index (κ1) is 30.8. The fraction of sp³-hybridized carbons (Fsp3) is 0.194. The van der Waals surface area contributed by atoms with Crippen LogP contribution < -0.4 is 10.6 Å². The van der Waals surface area contributed by atoms with Gasteiger partial charge in [-0.3, -0.25) is 9.78 Å². The van der Waals surface area contributed by atoms with Gasteiger partial charge in [0.1, 0.15) is 17.7 Å². The molecule has 2 aromatic carbocycles. The lowest BCUT2D eigenvalue weighted by atomic mass is 10.1. The number of nitrogens with zero attached hydrogens (tertiary/aromatic N) is 3. The van der Waals surface area contributed by atoms with Crippen molar-refractivity contribution < 1.29 is 30.8 Å². The highest BCUT2D eigenvalue weighted by atomic mass is 32.2. The molecule has 1 aliphatic heterocycles. The zero-order valence-electron chi connectivity index (χ0n) is 23.3. The minimum atomic E-state index is -4.49. The molecule has 0 saturated carbocycles. The van der Waals surface area contributed by atoms with Gasteiger partial charge in [-0.2, -0.15) is 17.5 Å². The number of anilines is 1. The largest absolute Gasteiger partial charge is 0.416 e. The lowest BCUT2D eigenvalue weighted by Crippen LogP contribution is -2.45. The Balaban J connectivity index is 1.38. The van der Waals surface area contributed by atoms with E-state index >= 15 is 0 Å². The molecule has 2 unspecified atom stereocenters. The molecule has 1 amide bonds. The Hall–Kier alpha value is -4.62. The van der Waals surface area contributed by atoms with E-state index in [-0.39, 0.29) is 24.0 Å². The number of nitrogens with one attached hydrogen (secondary N) is 2. The number of alkyl halides is 3.